The maximum Gasteiger partial charge on any atom is 0.126 e. The van der Waals surface area contributed by atoms with Crippen molar-refractivity contribution in [2.45, 2.75) is 46.7 Å². The number of aryl methyl sites for hydroxylation is 1. The van der Waals surface area contributed by atoms with Gasteiger partial charge in [0.25, 0.3) is 0 Å². The van der Waals surface area contributed by atoms with Gasteiger partial charge in [0, 0.05) is 12.6 Å². The largest absolute Gasteiger partial charge is 0.310 e. The Morgan fingerprint density at radius 2 is 2.00 bits per heavy atom. The van der Waals surface area contributed by atoms with Gasteiger partial charge in [-0.25, -0.2) is 4.39 Å². The Kier molecular flexibility index (Phi) is 4.94. The van der Waals surface area contributed by atoms with E-state index in [4.69, 9.17) is 0 Å². The number of hydrogen-bond donors (Lipinski definition) is 1. The Hall–Kier alpha value is -0.890. The SMILES string of the molecule is CCC(C)C(C)NCc1ccc(C)c(F)c1. The molecule has 16 heavy (non-hydrogen) atoms. The summed E-state index contributed by atoms with van der Waals surface area (Å²) in [6, 6.07) is 5.90. The van der Waals surface area contributed by atoms with Gasteiger partial charge in [0.05, 0.1) is 0 Å². The lowest BCUT2D eigenvalue weighted by atomic mass is 10.0. The lowest BCUT2D eigenvalue weighted by Gasteiger charge is -2.20. The molecule has 1 nitrogen and oxygen atoms in total. The van der Waals surface area contributed by atoms with Crippen molar-refractivity contribution < 1.29 is 4.39 Å². The number of halogens is 1. The Morgan fingerprint density at radius 1 is 1.31 bits per heavy atom. The van der Waals surface area contributed by atoms with E-state index in [9.17, 15) is 4.39 Å². The molecule has 1 N–H and O–H groups in total. The minimum Gasteiger partial charge on any atom is -0.310 e. The molecule has 1 aromatic rings. The molecule has 0 heterocycles. The first kappa shape index (κ1) is 13.2. The zero-order valence-corrected chi connectivity index (χ0v) is 10.7. The van der Waals surface area contributed by atoms with E-state index in [-0.39, 0.29) is 5.82 Å². The van der Waals surface area contributed by atoms with Gasteiger partial charge in [-0.2, -0.15) is 0 Å². The Bertz CT molecular complexity index is 336. The summed E-state index contributed by atoms with van der Waals surface area (Å²) in [4.78, 5) is 0. The topological polar surface area (TPSA) is 12.0 Å². The highest BCUT2D eigenvalue weighted by molar-refractivity contribution is 5.23. The summed E-state index contributed by atoms with van der Waals surface area (Å²) in [6.45, 7) is 9.12. The first-order chi connectivity index (χ1) is 7.54. The van der Waals surface area contributed by atoms with Crippen LogP contribution < -0.4 is 5.32 Å². The van der Waals surface area contributed by atoms with Crippen LogP contribution in [0.3, 0.4) is 0 Å². The third-order valence-corrected chi connectivity index (χ3v) is 3.36. The van der Waals surface area contributed by atoms with Crippen LogP contribution >= 0.6 is 0 Å². The molecule has 0 radical (unpaired) electrons. The van der Waals surface area contributed by atoms with Crippen LogP contribution in [0.15, 0.2) is 18.2 Å². The maximum absolute atomic E-state index is 13.3. The summed E-state index contributed by atoms with van der Waals surface area (Å²) in [5.74, 6) is 0.533. The molecule has 0 amide bonds. The summed E-state index contributed by atoms with van der Waals surface area (Å²) in [5, 5.41) is 3.43. The molecular formula is C14H22FN. The van der Waals surface area contributed by atoms with E-state index in [0.717, 1.165) is 18.5 Å². The lowest BCUT2D eigenvalue weighted by Crippen LogP contribution is -2.31. The molecule has 0 aliphatic carbocycles. The molecule has 0 saturated heterocycles. The van der Waals surface area contributed by atoms with E-state index < -0.39 is 0 Å². The van der Waals surface area contributed by atoms with Gasteiger partial charge in [-0.15, -0.1) is 0 Å². The fourth-order valence-corrected chi connectivity index (χ4v) is 1.58. The molecule has 0 aliphatic rings. The lowest BCUT2D eigenvalue weighted by molar-refractivity contribution is 0.389. The van der Waals surface area contributed by atoms with Crippen LogP contribution in [0.5, 0.6) is 0 Å². The molecule has 1 aromatic carbocycles. The van der Waals surface area contributed by atoms with Gasteiger partial charge in [-0.3, -0.25) is 0 Å². The van der Waals surface area contributed by atoms with E-state index in [1.807, 2.05) is 12.1 Å². The second kappa shape index (κ2) is 6.00. The Labute approximate surface area is 98.1 Å². The van der Waals surface area contributed by atoms with E-state index in [0.29, 0.717) is 17.5 Å². The van der Waals surface area contributed by atoms with E-state index >= 15 is 0 Å². The second-order valence-corrected chi connectivity index (χ2v) is 4.64. The minimum atomic E-state index is -0.115. The molecule has 2 heteroatoms. The summed E-state index contributed by atoms with van der Waals surface area (Å²) in [6.07, 6.45) is 1.16. The van der Waals surface area contributed by atoms with Crippen LogP contribution in [0.25, 0.3) is 0 Å². The van der Waals surface area contributed by atoms with Gasteiger partial charge in [-0.05, 0) is 37.0 Å². The fraction of sp³-hybridized carbons (Fsp3) is 0.571. The third-order valence-electron chi connectivity index (χ3n) is 3.36. The van der Waals surface area contributed by atoms with Crippen molar-refractivity contribution in [3.8, 4) is 0 Å². The predicted molar refractivity (Wildman–Crippen MR) is 66.9 cm³/mol. The highest BCUT2D eigenvalue weighted by Crippen LogP contribution is 2.11. The minimum absolute atomic E-state index is 0.115. The number of rotatable bonds is 5. The van der Waals surface area contributed by atoms with Crippen molar-refractivity contribution in [3.63, 3.8) is 0 Å². The van der Waals surface area contributed by atoms with Crippen LogP contribution in [0.4, 0.5) is 4.39 Å². The number of hydrogen-bond acceptors (Lipinski definition) is 1. The number of benzene rings is 1. The molecular weight excluding hydrogens is 201 g/mol. The molecule has 0 spiro atoms. The van der Waals surface area contributed by atoms with Gasteiger partial charge in [0.15, 0.2) is 0 Å². The average Bonchev–Trinajstić information content (AvgIpc) is 2.29. The van der Waals surface area contributed by atoms with E-state index in [1.165, 1.54) is 0 Å². The van der Waals surface area contributed by atoms with E-state index in [2.05, 4.69) is 26.1 Å². The van der Waals surface area contributed by atoms with Crippen LogP contribution in [0.1, 0.15) is 38.3 Å². The molecule has 0 fully saturated rings. The van der Waals surface area contributed by atoms with Crippen LogP contribution in [-0.2, 0) is 6.54 Å². The second-order valence-electron chi connectivity index (χ2n) is 4.64. The molecule has 2 atom stereocenters. The Balaban J connectivity index is 2.51. The summed E-state index contributed by atoms with van der Waals surface area (Å²) < 4.78 is 13.3. The third kappa shape index (κ3) is 3.60. The summed E-state index contributed by atoms with van der Waals surface area (Å²) in [5.41, 5.74) is 1.72. The normalized spacial score (nSPS) is 14.8. The number of nitrogens with one attached hydrogen (secondary N) is 1. The van der Waals surface area contributed by atoms with E-state index in [1.54, 1.807) is 13.0 Å². The van der Waals surface area contributed by atoms with Crippen molar-refractivity contribution in [3.05, 3.63) is 35.1 Å². The van der Waals surface area contributed by atoms with Crippen LogP contribution in [-0.4, -0.2) is 6.04 Å². The van der Waals surface area contributed by atoms with Crippen molar-refractivity contribution in [2.75, 3.05) is 0 Å². The highest BCUT2D eigenvalue weighted by atomic mass is 19.1. The van der Waals surface area contributed by atoms with Gasteiger partial charge < -0.3 is 5.32 Å². The summed E-state index contributed by atoms with van der Waals surface area (Å²) in [7, 11) is 0. The molecule has 2 unspecified atom stereocenters. The van der Waals surface area contributed by atoms with Crippen molar-refractivity contribution in [1.29, 1.82) is 0 Å². The molecule has 0 bridgehead atoms. The van der Waals surface area contributed by atoms with Crippen molar-refractivity contribution >= 4 is 0 Å². The standard InChI is InChI=1S/C14H22FN/c1-5-10(2)12(4)16-9-13-7-6-11(3)14(15)8-13/h6-8,10,12,16H,5,9H2,1-4H3. The fourth-order valence-electron chi connectivity index (χ4n) is 1.58. The van der Waals surface area contributed by atoms with Crippen molar-refractivity contribution in [1.82, 2.24) is 5.32 Å². The summed E-state index contributed by atoms with van der Waals surface area (Å²) >= 11 is 0. The van der Waals surface area contributed by atoms with Gasteiger partial charge >= 0.3 is 0 Å². The van der Waals surface area contributed by atoms with Gasteiger partial charge in [0.1, 0.15) is 5.82 Å². The van der Waals surface area contributed by atoms with Crippen molar-refractivity contribution in [2.24, 2.45) is 5.92 Å². The average molecular weight is 223 g/mol. The monoisotopic (exact) mass is 223 g/mol. The van der Waals surface area contributed by atoms with Gasteiger partial charge in [0.2, 0.25) is 0 Å². The molecule has 0 aromatic heterocycles. The molecule has 0 aliphatic heterocycles. The van der Waals surface area contributed by atoms with Gasteiger partial charge in [-0.1, -0.05) is 32.4 Å². The zero-order chi connectivity index (χ0) is 12.1. The van der Waals surface area contributed by atoms with Crippen LogP contribution in [0.2, 0.25) is 0 Å². The smallest absolute Gasteiger partial charge is 0.126 e. The zero-order valence-electron chi connectivity index (χ0n) is 10.7. The highest BCUT2D eigenvalue weighted by Gasteiger charge is 2.09. The first-order valence-electron chi connectivity index (χ1n) is 6.03. The van der Waals surface area contributed by atoms with Crippen LogP contribution in [0, 0.1) is 18.7 Å². The molecule has 90 valence electrons. The first-order valence-corrected chi connectivity index (χ1v) is 6.03. The molecule has 0 saturated carbocycles. The molecule has 1 rings (SSSR count). The predicted octanol–water partition coefficient (Wildman–Crippen LogP) is 3.66. The Morgan fingerprint density at radius 3 is 2.56 bits per heavy atom. The quantitative estimate of drug-likeness (QED) is 0.803. The maximum atomic E-state index is 13.3.